The molecule has 0 aliphatic carbocycles. The molecule has 0 radical (unpaired) electrons. The zero-order chi connectivity index (χ0) is 15.2. The molecule has 0 heterocycles. The molecule has 0 saturated heterocycles. The van der Waals surface area contributed by atoms with E-state index < -0.39 is 0 Å². The van der Waals surface area contributed by atoms with Crippen molar-refractivity contribution in [3.8, 4) is 0 Å². The van der Waals surface area contributed by atoms with Gasteiger partial charge in [0.05, 0.1) is 0 Å². The Hall–Kier alpha value is -1.80. The van der Waals surface area contributed by atoms with Crippen molar-refractivity contribution in [3.63, 3.8) is 0 Å². The molecule has 21 heavy (non-hydrogen) atoms. The van der Waals surface area contributed by atoms with Crippen LogP contribution in [0.4, 0.5) is 5.69 Å². The normalized spacial score (nSPS) is 12.2. The Morgan fingerprint density at radius 2 is 1.62 bits per heavy atom. The van der Waals surface area contributed by atoms with Gasteiger partial charge >= 0.3 is 0 Å². The van der Waals surface area contributed by atoms with Crippen molar-refractivity contribution < 1.29 is 0 Å². The molecule has 0 spiro atoms. The summed E-state index contributed by atoms with van der Waals surface area (Å²) < 4.78 is 0. The molecule has 1 atom stereocenters. The van der Waals surface area contributed by atoms with E-state index in [1.807, 2.05) is 0 Å². The van der Waals surface area contributed by atoms with Gasteiger partial charge in [-0.1, -0.05) is 36.4 Å². The summed E-state index contributed by atoms with van der Waals surface area (Å²) in [5.74, 6) is 0. The Labute approximate surface area is 128 Å². The summed E-state index contributed by atoms with van der Waals surface area (Å²) in [6.45, 7) is 4.97. The first-order valence-electron chi connectivity index (χ1n) is 7.65. The third-order valence-corrected chi connectivity index (χ3v) is 4.04. The highest BCUT2D eigenvalue weighted by atomic mass is 15.1. The second-order valence-electron chi connectivity index (χ2n) is 5.87. The molecular weight excluding hydrogens is 256 g/mol. The van der Waals surface area contributed by atoms with Crippen molar-refractivity contribution in [1.82, 2.24) is 0 Å². The molecule has 2 aromatic carbocycles. The van der Waals surface area contributed by atoms with E-state index in [9.17, 15) is 0 Å². The highest BCUT2D eigenvalue weighted by Crippen LogP contribution is 2.21. The van der Waals surface area contributed by atoms with Gasteiger partial charge in [0, 0.05) is 25.3 Å². The first-order valence-corrected chi connectivity index (χ1v) is 7.65. The number of likely N-dealkylation sites (N-methyl/N-ethyl adjacent to an activating group) is 1. The van der Waals surface area contributed by atoms with Crippen LogP contribution in [0.2, 0.25) is 0 Å². The van der Waals surface area contributed by atoms with Crippen LogP contribution in [0.15, 0.2) is 48.5 Å². The first-order chi connectivity index (χ1) is 10.1. The molecule has 2 rings (SSSR count). The monoisotopic (exact) mass is 282 g/mol. The van der Waals surface area contributed by atoms with Gasteiger partial charge in [0.25, 0.3) is 0 Å². The van der Waals surface area contributed by atoms with Crippen LogP contribution >= 0.6 is 0 Å². The van der Waals surface area contributed by atoms with Crippen LogP contribution in [0, 0.1) is 13.8 Å². The van der Waals surface area contributed by atoms with Crippen LogP contribution in [0.1, 0.15) is 23.1 Å². The molecule has 0 saturated carbocycles. The smallest absolute Gasteiger partial charge is 0.0412 e. The second kappa shape index (κ2) is 7.28. The molecule has 0 bridgehead atoms. The average Bonchev–Trinajstić information content (AvgIpc) is 2.47. The van der Waals surface area contributed by atoms with Gasteiger partial charge in [-0.25, -0.2) is 0 Å². The predicted octanol–water partition coefficient (Wildman–Crippen LogP) is 3.70. The molecular formula is C19H26N2. The van der Waals surface area contributed by atoms with Crippen molar-refractivity contribution in [2.45, 2.75) is 32.7 Å². The Morgan fingerprint density at radius 1 is 1.00 bits per heavy atom. The van der Waals surface area contributed by atoms with E-state index in [0.717, 1.165) is 12.8 Å². The standard InChI is InChI=1S/C19H26N2/c1-15-11-16(2)13-19(12-15)21(3)18(14-20)10-9-17-7-5-4-6-8-17/h4-8,11-13,18H,9-10,14,20H2,1-3H3. The van der Waals surface area contributed by atoms with Crippen LogP contribution in [-0.2, 0) is 6.42 Å². The zero-order valence-corrected chi connectivity index (χ0v) is 13.3. The Bertz CT molecular complexity index is 543. The SMILES string of the molecule is Cc1cc(C)cc(N(C)C(CN)CCc2ccccc2)c1. The zero-order valence-electron chi connectivity index (χ0n) is 13.3. The molecule has 0 fully saturated rings. The van der Waals surface area contributed by atoms with Crippen molar-refractivity contribution in [3.05, 3.63) is 65.2 Å². The average molecular weight is 282 g/mol. The lowest BCUT2D eigenvalue weighted by molar-refractivity contribution is 0.588. The van der Waals surface area contributed by atoms with E-state index in [4.69, 9.17) is 5.73 Å². The largest absolute Gasteiger partial charge is 0.370 e. The molecule has 0 aliphatic heterocycles. The van der Waals surface area contributed by atoms with Crippen LogP contribution < -0.4 is 10.6 Å². The minimum Gasteiger partial charge on any atom is -0.370 e. The van der Waals surface area contributed by atoms with Crippen LogP contribution in [0.3, 0.4) is 0 Å². The fourth-order valence-electron chi connectivity index (χ4n) is 2.81. The quantitative estimate of drug-likeness (QED) is 0.875. The van der Waals surface area contributed by atoms with E-state index in [-0.39, 0.29) is 0 Å². The highest BCUT2D eigenvalue weighted by Gasteiger charge is 2.14. The summed E-state index contributed by atoms with van der Waals surface area (Å²) in [6.07, 6.45) is 2.14. The van der Waals surface area contributed by atoms with Gasteiger partial charge in [0.2, 0.25) is 0 Å². The van der Waals surface area contributed by atoms with E-state index in [1.54, 1.807) is 0 Å². The molecule has 2 heteroatoms. The van der Waals surface area contributed by atoms with Gasteiger partial charge in [-0.3, -0.25) is 0 Å². The summed E-state index contributed by atoms with van der Waals surface area (Å²) >= 11 is 0. The third kappa shape index (κ3) is 4.33. The van der Waals surface area contributed by atoms with Gasteiger partial charge < -0.3 is 10.6 Å². The van der Waals surface area contributed by atoms with Gasteiger partial charge in [-0.05, 0) is 55.5 Å². The Morgan fingerprint density at radius 3 is 2.19 bits per heavy atom. The van der Waals surface area contributed by atoms with Gasteiger partial charge in [0.1, 0.15) is 0 Å². The predicted molar refractivity (Wildman–Crippen MR) is 91.9 cm³/mol. The number of hydrogen-bond donors (Lipinski definition) is 1. The summed E-state index contributed by atoms with van der Waals surface area (Å²) in [4.78, 5) is 2.32. The lowest BCUT2D eigenvalue weighted by Crippen LogP contribution is -2.38. The van der Waals surface area contributed by atoms with Crippen molar-refractivity contribution in [2.75, 3.05) is 18.5 Å². The number of nitrogens with two attached hydrogens (primary N) is 1. The van der Waals surface area contributed by atoms with E-state index in [1.165, 1.54) is 22.4 Å². The van der Waals surface area contributed by atoms with E-state index >= 15 is 0 Å². The maximum Gasteiger partial charge on any atom is 0.0412 e. The minimum atomic E-state index is 0.367. The molecule has 2 nitrogen and oxygen atoms in total. The molecule has 2 N–H and O–H groups in total. The lowest BCUT2D eigenvalue weighted by Gasteiger charge is -2.30. The lowest BCUT2D eigenvalue weighted by atomic mass is 10.0. The summed E-state index contributed by atoms with van der Waals surface area (Å²) in [5, 5.41) is 0. The summed E-state index contributed by atoms with van der Waals surface area (Å²) in [6, 6.07) is 17.7. The first kappa shape index (κ1) is 15.6. The van der Waals surface area contributed by atoms with E-state index in [0.29, 0.717) is 12.6 Å². The fraction of sp³-hybridized carbons (Fsp3) is 0.368. The number of aryl methyl sites for hydroxylation is 3. The van der Waals surface area contributed by atoms with Gasteiger partial charge in [0.15, 0.2) is 0 Å². The Kier molecular flexibility index (Phi) is 5.40. The van der Waals surface area contributed by atoms with Crippen LogP contribution in [0.25, 0.3) is 0 Å². The van der Waals surface area contributed by atoms with Crippen LogP contribution in [-0.4, -0.2) is 19.6 Å². The second-order valence-corrected chi connectivity index (χ2v) is 5.87. The molecule has 112 valence electrons. The third-order valence-electron chi connectivity index (χ3n) is 4.04. The van der Waals surface area contributed by atoms with Crippen molar-refractivity contribution in [1.29, 1.82) is 0 Å². The number of rotatable bonds is 6. The van der Waals surface area contributed by atoms with Gasteiger partial charge in [-0.15, -0.1) is 0 Å². The Balaban J connectivity index is 2.05. The molecule has 0 aromatic heterocycles. The number of benzene rings is 2. The van der Waals surface area contributed by atoms with Crippen molar-refractivity contribution >= 4 is 5.69 Å². The maximum absolute atomic E-state index is 6.01. The summed E-state index contributed by atoms with van der Waals surface area (Å²) in [7, 11) is 2.15. The maximum atomic E-state index is 6.01. The molecule has 0 aliphatic rings. The minimum absolute atomic E-state index is 0.367. The summed E-state index contributed by atoms with van der Waals surface area (Å²) in [5.41, 5.74) is 11.3. The van der Waals surface area contributed by atoms with Crippen LogP contribution in [0.5, 0.6) is 0 Å². The molecule has 1 unspecified atom stereocenters. The fourth-order valence-corrected chi connectivity index (χ4v) is 2.81. The number of hydrogen-bond acceptors (Lipinski definition) is 2. The van der Waals surface area contributed by atoms with Crippen molar-refractivity contribution in [2.24, 2.45) is 5.73 Å². The molecule has 0 amide bonds. The topological polar surface area (TPSA) is 29.3 Å². The van der Waals surface area contributed by atoms with Gasteiger partial charge in [-0.2, -0.15) is 0 Å². The molecule has 2 aromatic rings. The number of nitrogens with zero attached hydrogens (tertiary/aromatic N) is 1. The van der Waals surface area contributed by atoms with E-state index in [2.05, 4.69) is 74.3 Å². The highest BCUT2D eigenvalue weighted by molar-refractivity contribution is 5.51. The number of anilines is 1.